The second kappa shape index (κ2) is 11.1. The number of benzene rings is 1. The number of nitriles is 1. The largest absolute Gasteiger partial charge is 0.384 e. The number of aromatic nitrogens is 2. The first kappa shape index (κ1) is 28.8. The first-order chi connectivity index (χ1) is 18.4. The van der Waals surface area contributed by atoms with E-state index >= 15 is 0 Å². The van der Waals surface area contributed by atoms with Crippen LogP contribution in [0.1, 0.15) is 94.7 Å². The summed E-state index contributed by atoms with van der Waals surface area (Å²) in [6, 6.07) is 8.02. The summed E-state index contributed by atoms with van der Waals surface area (Å²) in [5.74, 6) is -0.274. The van der Waals surface area contributed by atoms with Gasteiger partial charge in [-0.3, -0.25) is 4.79 Å². The van der Waals surface area contributed by atoms with Crippen molar-refractivity contribution in [1.29, 1.82) is 5.26 Å². The van der Waals surface area contributed by atoms with E-state index in [1.807, 2.05) is 24.3 Å². The number of nitrogens with one attached hydrogen (secondary N) is 2. The van der Waals surface area contributed by atoms with Crippen molar-refractivity contribution in [1.82, 2.24) is 9.97 Å². The van der Waals surface area contributed by atoms with Gasteiger partial charge in [0.25, 0.3) is 0 Å². The zero-order chi connectivity index (χ0) is 28.4. The van der Waals surface area contributed by atoms with E-state index in [1.54, 1.807) is 0 Å². The van der Waals surface area contributed by atoms with Crippen molar-refractivity contribution in [3.8, 4) is 6.07 Å². The van der Waals surface area contributed by atoms with Crippen LogP contribution in [0.4, 0.5) is 5.69 Å². The number of hydrogen-bond acceptors (Lipinski definition) is 6. The van der Waals surface area contributed by atoms with E-state index in [-0.39, 0.29) is 41.1 Å². The van der Waals surface area contributed by atoms with Crippen molar-refractivity contribution < 1.29 is 14.6 Å². The van der Waals surface area contributed by atoms with E-state index in [0.29, 0.717) is 6.61 Å². The van der Waals surface area contributed by atoms with Gasteiger partial charge >= 0.3 is 0 Å². The Labute approximate surface area is 232 Å². The summed E-state index contributed by atoms with van der Waals surface area (Å²) in [5.41, 5.74) is 2.66. The maximum Gasteiger partial charge on any atom is 0.217 e. The number of hydrogen-bond donors (Lipinski definition) is 3. The van der Waals surface area contributed by atoms with Gasteiger partial charge in [-0.25, -0.2) is 4.98 Å². The van der Waals surface area contributed by atoms with Gasteiger partial charge < -0.3 is 20.1 Å². The summed E-state index contributed by atoms with van der Waals surface area (Å²) >= 11 is 0. The number of carbonyl (C=O) groups excluding carboxylic acids is 1. The predicted molar refractivity (Wildman–Crippen MR) is 154 cm³/mol. The molecular formula is C32H42N4O3. The van der Waals surface area contributed by atoms with E-state index < -0.39 is 11.2 Å². The molecule has 1 aliphatic heterocycles. The van der Waals surface area contributed by atoms with Gasteiger partial charge in [0.1, 0.15) is 6.07 Å². The summed E-state index contributed by atoms with van der Waals surface area (Å²) in [6.07, 6.45) is 11.6. The normalized spacial score (nSPS) is 23.4. The number of H-pyrrole nitrogens is 1. The van der Waals surface area contributed by atoms with Crippen molar-refractivity contribution >= 4 is 17.0 Å². The third kappa shape index (κ3) is 5.73. The highest BCUT2D eigenvalue weighted by molar-refractivity contribution is 5.96. The number of nitrogens with zero attached hydrogens (tertiary/aromatic N) is 2. The number of imidazole rings is 1. The van der Waals surface area contributed by atoms with E-state index in [2.05, 4.69) is 75.0 Å². The molecule has 3 N–H and O–H groups in total. The lowest BCUT2D eigenvalue weighted by Gasteiger charge is -2.46. The second-order valence-corrected chi connectivity index (χ2v) is 12.1. The first-order valence-corrected chi connectivity index (χ1v) is 14.0. The van der Waals surface area contributed by atoms with Crippen molar-refractivity contribution in [3.63, 3.8) is 0 Å². The Hall–Kier alpha value is -3.21. The third-order valence-corrected chi connectivity index (χ3v) is 9.02. The SMILES string of the molecule is CC[C@@H](C)[C@](O)(c1ccc(NCC(=O)c2nc(C#N)c[nH]2)c(C2=CCC(C)(C)CC2)c1)[C@@H](C)[C@@]1(C)C=CCO1. The van der Waals surface area contributed by atoms with E-state index in [0.717, 1.165) is 42.5 Å². The standard InChI is InChI=1S/C32H42N4O3/c1-7-21(2)32(38,22(3)31(6)13-8-16-39-31)24-9-10-27(26(17-24)23-11-14-30(4,5)15-12-23)34-20-28(37)29-35-19-25(18-33)36-29/h8-11,13,17,19,21-22,34,38H,7,12,14-16,20H2,1-6H3,(H,35,36)/t21-,22+,31-,32-/m1/s1. The molecule has 0 saturated carbocycles. The Bertz CT molecular complexity index is 1320. The molecule has 2 aromatic rings. The zero-order valence-electron chi connectivity index (χ0n) is 24.1. The molecule has 7 nitrogen and oxygen atoms in total. The van der Waals surface area contributed by atoms with Gasteiger partial charge in [-0.15, -0.1) is 0 Å². The van der Waals surface area contributed by atoms with Crippen LogP contribution in [0, 0.1) is 28.6 Å². The van der Waals surface area contributed by atoms with Crippen LogP contribution in [0.25, 0.3) is 5.57 Å². The fraction of sp³-hybridized carbons (Fsp3) is 0.531. The molecule has 7 heteroatoms. The molecule has 0 spiro atoms. The minimum atomic E-state index is -1.13. The van der Waals surface area contributed by atoms with Crippen molar-refractivity contribution in [2.45, 2.75) is 78.4 Å². The zero-order valence-corrected chi connectivity index (χ0v) is 24.1. The molecule has 39 heavy (non-hydrogen) atoms. The van der Waals surface area contributed by atoms with Crippen LogP contribution in [0.2, 0.25) is 0 Å². The van der Waals surface area contributed by atoms with E-state index in [9.17, 15) is 9.90 Å². The highest BCUT2D eigenvalue weighted by atomic mass is 16.5. The predicted octanol–water partition coefficient (Wildman–Crippen LogP) is 6.38. The van der Waals surface area contributed by atoms with Gasteiger partial charge in [-0.2, -0.15) is 5.26 Å². The molecule has 4 rings (SSSR count). The highest BCUT2D eigenvalue weighted by Crippen LogP contribution is 2.48. The number of Topliss-reactive ketones (excluding diaryl/α,β-unsaturated/α-hetero) is 1. The molecular weight excluding hydrogens is 488 g/mol. The van der Waals surface area contributed by atoms with Gasteiger partial charge in [0, 0.05) is 23.4 Å². The number of ether oxygens (including phenoxy) is 1. The monoisotopic (exact) mass is 530 g/mol. The molecule has 0 fully saturated rings. The molecule has 4 atom stereocenters. The number of carbonyl (C=O) groups is 1. The highest BCUT2D eigenvalue weighted by Gasteiger charge is 2.49. The summed E-state index contributed by atoms with van der Waals surface area (Å²) in [5, 5.41) is 24.8. The number of aliphatic hydroxyl groups is 1. The molecule has 0 radical (unpaired) electrons. The maximum atomic E-state index is 12.8. The minimum Gasteiger partial charge on any atom is -0.384 e. The van der Waals surface area contributed by atoms with Gasteiger partial charge in [-0.05, 0) is 60.8 Å². The fourth-order valence-electron chi connectivity index (χ4n) is 5.85. The second-order valence-electron chi connectivity index (χ2n) is 12.1. The average molecular weight is 531 g/mol. The fourth-order valence-corrected chi connectivity index (χ4v) is 5.85. The van der Waals surface area contributed by atoms with Crippen LogP contribution in [0.5, 0.6) is 0 Å². The molecule has 0 saturated heterocycles. The Morgan fingerprint density at radius 1 is 1.33 bits per heavy atom. The molecule has 0 bridgehead atoms. The van der Waals surface area contributed by atoms with Crippen molar-refractivity contribution in [3.05, 3.63) is 65.3 Å². The van der Waals surface area contributed by atoms with Crippen LogP contribution >= 0.6 is 0 Å². The first-order valence-electron chi connectivity index (χ1n) is 14.0. The minimum absolute atomic E-state index is 0.0114. The van der Waals surface area contributed by atoms with Gasteiger partial charge in [0.15, 0.2) is 11.5 Å². The number of anilines is 1. The average Bonchev–Trinajstić information content (AvgIpc) is 3.60. The number of rotatable bonds is 10. The summed E-state index contributed by atoms with van der Waals surface area (Å²) < 4.78 is 6.11. The van der Waals surface area contributed by atoms with Crippen LogP contribution in [0.3, 0.4) is 0 Å². The van der Waals surface area contributed by atoms with Crippen LogP contribution in [-0.4, -0.2) is 39.6 Å². The molecule has 2 heterocycles. The van der Waals surface area contributed by atoms with Crippen molar-refractivity contribution in [2.75, 3.05) is 18.5 Å². The topological polar surface area (TPSA) is 111 Å². The molecule has 1 aromatic heterocycles. The molecule has 0 unspecified atom stereocenters. The molecule has 1 aromatic carbocycles. The summed E-state index contributed by atoms with van der Waals surface area (Å²) in [7, 11) is 0. The van der Waals surface area contributed by atoms with Crippen LogP contribution < -0.4 is 5.32 Å². The molecule has 0 amide bonds. The Kier molecular flexibility index (Phi) is 8.20. The Morgan fingerprint density at radius 3 is 2.69 bits per heavy atom. The van der Waals surface area contributed by atoms with Crippen molar-refractivity contribution in [2.24, 2.45) is 17.3 Å². The summed E-state index contributed by atoms with van der Waals surface area (Å²) in [6.45, 7) is 13.5. The van der Waals surface area contributed by atoms with Gasteiger partial charge in [0.2, 0.25) is 5.78 Å². The molecule has 1 aliphatic carbocycles. The van der Waals surface area contributed by atoms with Gasteiger partial charge in [-0.1, -0.05) is 65.3 Å². The lowest BCUT2D eigenvalue weighted by Crippen LogP contribution is -2.50. The van der Waals surface area contributed by atoms with Gasteiger partial charge in [0.05, 0.1) is 24.4 Å². The third-order valence-electron chi connectivity index (χ3n) is 9.02. The lowest BCUT2D eigenvalue weighted by atomic mass is 9.66. The van der Waals surface area contributed by atoms with E-state index in [4.69, 9.17) is 10.00 Å². The smallest absolute Gasteiger partial charge is 0.217 e. The number of ketones is 1. The van der Waals surface area contributed by atoms with Crippen LogP contribution in [0.15, 0.2) is 42.6 Å². The number of aromatic amines is 1. The quantitative estimate of drug-likeness (QED) is 0.243. The number of allylic oxidation sites excluding steroid dienone is 2. The molecule has 2 aliphatic rings. The maximum absolute atomic E-state index is 12.8. The van der Waals surface area contributed by atoms with E-state index in [1.165, 1.54) is 11.8 Å². The molecule has 208 valence electrons. The summed E-state index contributed by atoms with van der Waals surface area (Å²) in [4.78, 5) is 19.6. The van der Waals surface area contributed by atoms with Crippen LogP contribution in [-0.2, 0) is 10.3 Å². The Balaban J connectivity index is 1.73. The lowest BCUT2D eigenvalue weighted by molar-refractivity contribution is -0.138. The Morgan fingerprint density at radius 2 is 2.10 bits per heavy atom.